The van der Waals surface area contributed by atoms with Gasteiger partial charge in [0.05, 0.1) is 0 Å². The maximum Gasteiger partial charge on any atom is 0.00768 e. The van der Waals surface area contributed by atoms with Gasteiger partial charge < -0.3 is 10.6 Å². The fraction of sp³-hybridized carbons (Fsp3) is 0.600. The van der Waals surface area contributed by atoms with Crippen LogP contribution in [0.1, 0.15) is 12.5 Å². The molecule has 0 aromatic carbocycles. The number of likely N-dealkylation sites (N-methyl/N-ethyl adjacent to an activating group) is 1. The first-order valence-electron chi connectivity index (χ1n) is 4.86. The Balaban J connectivity index is 1.90. The molecule has 0 atom stereocenters. The van der Waals surface area contributed by atoms with Gasteiger partial charge in [-0.3, -0.25) is 0 Å². The molecular formula is C10H18N2S. The van der Waals surface area contributed by atoms with E-state index in [2.05, 4.69) is 34.4 Å². The number of hydrogen-bond donors (Lipinski definition) is 2. The van der Waals surface area contributed by atoms with Crippen molar-refractivity contribution < 1.29 is 0 Å². The molecule has 1 heterocycles. The molecule has 0 radical (unpaired) electrons. The van der Waals surface area contributed by atoms with Crippen molar-refractivity contribution in [2.75, 3.05) is 26.2 Å². The maximum atomic E-state index is 3.40. The van der Waals surface area contributed by atoms with Gasteiger partial charge in [-0.2, -0.15) is 11.3 Å². The lowest BCUT2D eigenvalue weighted by Gasteiger charge is -2.03. The quantitative estimate of drug-likeness (QED) is 0.649. The molecule has 0 saturated heterocycles. The van der Waals surface area contributed by atoms with Crippen molar-refractivity contribution in [2.45, 2.75) is 13.3 Å². The van der Waals surface area contributed by atoms with E-state index in [-0.39, 0.29) is 0 Å². The van der Waals surface area contributed by atoms with Crippen molar-refractivity contribution >= 4 is 11.3 Å². The van der Waals surface area contributed by atoms with E-state index >= 15 is 0 Å². The topological polar surface area (TPSA) is 24.1 Å². The van der Waals surface area contributed by atoms with Crippen molar-refractivity contribution in [1.29, 1.82) is 0 Å². The van der Waals surface area contributed by atoms with E-state index in [4.69, 9.17) is 0 Å². The van der Waals surface area contributed by atoms with E-state index in [0.29, 0.717) is 0 Å². The summed E-state index contributed by atoms with van der Waals surface area (Å²) < 4.78 is 0. The van der Waals surface area contributed by atoms with Gasteiger partial charge in [0.2, 0.25) is 0 Å². The van der Waals surface area contributed by atoms with Gasteiger partial charge >= 0.3 is 0 Å². The summed E-state index contributed by atoms with van der Waals surface area (Å²) in [5.74, 6) is 0. The van der Waals surface area contributed by atoms with E-state index in [1.807, 2.05) is 0 Å². The molecule has 13 heavy (non-hydrogen) atoms. The van der Waals surface area contributed by atoms with Crippen LogP contribution < -0.4 is 10.6 Å². The Labute approximate surface area is 84.4 Å². The molecule has 0 fully saturated rings. The van der Waals surface area contributed by atoms with Crippen molar-refractivity contribution in [3.63, 3.8) is 0 Å². The third-order valence-corrected chi connectivity index (χ3v) is 2.63. The number of hydrogen-bond acceptors (Lipinski definition) is 3. The molecule has 0 saturated carbocycles. The van der Waals surface area contributed by atoms with Gasteiger partial charge in [0, 0.05) is 13.1 Å². The lowest BCUT2D eigenvalue weighted by Crippen LogP contribution is -2.28. The summed E-state index contributed by atoms with van der Waals surface area (Å²) >= 11 is 1.77. The molecule has 0 aliphatic heterocycles. The second-order valence-corrected chi connectivity index (χ2v) is 3.77. The smallest absolute Gasteiger partial charge is 0.00768 e. The highest BCUT2D eigenvalue weighted by Crippen LogP contribution is 2.05. The van der Waals surface area contributed by atoms with Gasteiger partial charge in [0.25, 0.3) is 0 Å². The molecule has 2 nitrogen and oxygen atoms in total. The van der Waals surface area contributed by atoms with E-state index in [1.54, 1.807) is 11.3 Å². The van der Waals surface area contributed by atoms with Gasteiger partial charge in [-0.25, -0.2) is 0 Å². The molecule has 0 bridgehead atoms. The standard InChI is InChI=1S/C10H18N2S/c1-2-11-6-7-12-5-3-10-4-8-13-9-10/h4,8-9,11-12H,2-3,5-7H2,1H3. The lowest BCUT2D eigenvalue weighted by atomic mass is 10.2. The predicted molar refractivity (Wildman–Crippen MR) is 59.4 cm³/mol. The first-order valence-corrected chi connectivity index (χ1v) is 5.80. The lowest BCUT2D eigenvalue weighted by molar-refractivity contribution is 0.625. The molecule has 1 rings (SSSR count). The normalized spacial score (nSPS) is 10.5. The third kappa shape index (κ3) is 5.03. The van der Waals surface area contributed by atoms with Crippen LogP contribution in [0.25, 0.3) is 0 Å². The fourth-order valence-corrected chi connectivity index (χ4v) is 1.85. The van der Waals surface area contributed by atoms with Crippen LogP contribution in [-0.4, -0.2) is 26.2 Å². The molecule has 0 aliphatic rings. The number of nitrogens with one attached hydrogen (secondary N) is 2. The molecule has 74 valence electrons. The minimum atomic E-state index is 1.06. The Hall–Kier alpha value is -0.380. The van der Waals surface area contributed by atoms with Crippen molar-refractivity contribution in [3.8, 4) is 0 Å². The molecule has 1 aromatic heterocycles. The van der Waals surface area contributed by atoms with E-state index in [9.17, 15) is 0 Å². The van der Waals surface area contributed by atoms with Crippen LogP contribution in [0.15, 0.2) is 16.8 Å². The summed E-state index contributed by atoms with van der Waals surface area (Å²) in [6, 6.07) is 2.19. The molecule has 2 N–H and O–H groups in total. The summed E-state index contributed by atoms with van der Waals surface area (Å²) in [7, 11) is 0. The monoisotopic (exact) mass is 198 g/mol. The Morgan fingerprint density at radius 2 is 2.08 bits per heavy atom. The Morgan fingerprint density at radius 1 is 1.23 bits per heavy atom. The second-order valence-electron chi connectivity index (χ2n) is 2.99. The first-order chi connectivity index (χ1) is 6.43. The first kappa shape index (κ1) is 10.7. The zero-order chi connectivity index (χ0) is 9.36. The molecule has 0 aliphatic carbocycles. The highest BCUT2D eigenvalue weighted by atomic mass is 32.1. The molecule has 0 spiro atoms. The minimum absolute atomic E-state index is 1.06. The zero-order valence-corrected chi connectivity index (χ0v) is 8.99. The summed E-state index contributed by atoms with van der Waals surface area (Å²) in [6.07, 6.45) is 1.15. The van der Waals surface area contributed by atoms with Crippen molar-refractivity contribution in [1.82, 2.24) is 10.6 Å². The van der Waals surface area contributed by atoms with Gasteiger partial charge in [0.1, 0.15) is 0 Å². The Morgan fingerprint density at radius 3 is 2.77 bits per heavy atom. The highest BCUT2D eigenvalue weighted by molar-refractivity contribution is 7.07. The Bertz CT molecular complexity index is 197. The number of rotatable bonds is 7. The van der Waals surface area contributed by atoms with Gasteiger partial charge in [0.15, 0.2) is 0 Å². The fourth-order valence-electron chi connectivity index (χ4n) is 1.15. The van der Waals surface area contributed by atoms with Crippen LogP contribution in [0.3, 0.4) is 0 Å². The molecular weight excluding hydrogens is 180 g/mol. The second kappa shape index (κ2) is 7.06. The molecule has 0 amide bonds. The van der Waals surface area contributed by atoms with Crippen LogP contribution in [-0.2, 0) is 6.42 Å². The largest absolute Gasteiger partial charge is 0.316 e. The van der Waals surface area contributed by atoms with Gasteiger partial charge in [-0.05, 0) is 41.9 Å². The van der Waals surface area contributed by atoms with E-state index < -0.39 is 0 Å². The highest BCUT2D eigenvalue weighted by Gasteiger charge is 1.91. The maximum absolute atomic E-state index is 3.40. The van der Waals surface area contributed by atoms with Crippen LogP contribution in [0.4, 0.5) is 0 Å². The van der Waals surface area contributed by atoms with E-state index in [0.717, 1.165) is 32.6 Å². The van der Waals surface area contributed by atoms with Crippen LogP contribution in [0, 0.1) is 0 Å². The summed E-state index contributed by atoms with van der Waals surface area (Å²) in [6.45, 7) is 6.41. The minimum Gasteiger partial charge on any atom is -0.316 e. The molecule has 1 aromatic rings. The summed E-state index contributed by atoms with van der Waals surface area (Å²) in [5.41, 5.74) is 1.45. The van der Waals surface area contributed by atoms with Crippen molar-refractivity contribution in [2.24, 2.45) is 0 Å². The predicted octanol–water partition coefficient (Wildman–Crippen LogP) is 1.49. The molecule has 0 unspecified atom stereocenters. The summed E-state index contributed by atoms with van der Waals surface area (Å²) in [4.78, 5) is 0. The van der Waals surface area contributed by atoms with Gasteiger partial charge in [-0.1, -0.05) is 6.92 Å². The van der Waals surface area contributed by atoms with Crippen LogP contribution in [0.2, 0.25) is 0 Å². The van der Waals surface area contributed by atoms with Crippen molar-refractivity contribution in [3.05, 3.63) is 22.4 Å². The third-order valence-electron chi connectivity index (χ3n) is 1.90. The average Bonchev–Trinajstić information content (AvgIpc) is 2.63. The Kier molecular flexibility index (Phi) is 5.81. The van der Waals surface area contributed by atoms with Crippen LogP contribution in [0.5, 0.6) is 0 Å². The average molecular weight is 198 g/mol. The SMILES string of the molecule is CCNCCNCCc1ccsc1. The van der Waals surface area contributed by atoms with Crippen LogP contribution >= 0.6 is 11.3 Å². The zero-order valence-electron chi connectivity index (χ0n) is 8.18. The molecule has 3 heteroatoms. The van der Waals surface area contributed by atoms with Gasteiger partial charge in [-0.15, -0.1) is 0 Å². The van der Waals surface area contributed by atoms with E-state index in [1.165, 1.54) is 5.56 Å². The number of thiophene rings is 1. The summed E-state index contributed by atoms with van der Waals surface area (Å²) in [5, 5.41) is 11.0.